The molecule has 1 aromatic carbocycles. The largest absolute Gasteiger partial charge is 0.340 e. The van der Waals surface area contributed by atoms with Crippen molar-refractivity contribution in [1.82, 2.24) is 4.57 Å². The molecule has 1 aliphatic heterocycles. The first-order valence-corrected chi connectivity index (χ1v) is 4.74. The van der Waals surface area contributed by atoms with Gasteiger partial charge in [-0.1, -0.05) is 24.3 Å². The number of nitrogens with zero attached hydrogens (tertiary/aromatic N) is 1. The number of benzene rings is 1. The van der Waals surface area contributed by atoms with Crippen LogP contribution in [0.15, 0.2) is 41.3 Å². The zero-order chi connectivity index (χ0) is 10.4. The summed E-state index contributed by atoms with van der Waals surface area (Å²) < 4.78 is 14.8. The van der Waals surface area contributed by atoms with Crippen molar-refractivity contribution in [3.8, 4) is 11.3 Å². The van der Waals surface area contributed by atoms with Crippen LogP contribution in [0.3, 0.4) is 0 Å². The average molecular weight is 201 g/mol. The van der Waals surface area contributed by atoms with Crippen LogP contribution < -0.4 is 5.43 Å². The molecule has 2 nitrogen and oxygen atoms in total. The van der Waals surface area contributed by atoms with Crippen LogP contribution in [-0.2, 0) is 6.54 Å². The molecule has 74 valence electrons. The van der Waals surface area contributed by atoms with Gasteiger partial charge in [-0.15, -0.1) is 0 Å². The van der Waals surface area contributed by atoms with Crippen LogP contribution in [0.5, 0.6) is 0 Å². The highest BCUT2D eigenvalue weighted by atomic mass is 19.1. The van der Waals surface area contributed by atoms with E-state index in [4.69, 9.17) is 0 Å². The minimum atomic E-state index is -0.688. The third-order valence-corrected chi connectivity index (χ3v) is 2.72. The normalized spacial score (nSPS) is 12.3. The number of hydrogen-bond donors (Lipinski definition) is 0. The Kier molecular flexibility index (Phi) is 1.57. The van der Waals surface area contributed by atoms with E-state index in [1.165, 1.54) is 12.3 Å². The van der Waals surface area contributed by atoms with Gasteiger partial charge in [-0.05, 0) is 5.56 Å². The van der Waals surface area contributed by atoms with E-state index in [9.17, 15) is 9.18 Å². The number of pyridine rings is 1. The van der Waals surface area contributed by atoms with E-state index in [2.05, 4.69) is 0 Å². The van der Waals surface area contributed by atoms with Crippen molar-refractivity contribution in [2.45, 2.75) is 6.54 Å². The van der Waals surface area contributed by atoms with Gasteiger partial charge in [-0.3, -0.25) is 4.79 Å². The molecule has 0 amide bonds. The minimum absolute atomic E-state index is 0.544. The van der Waals surface area contributed by atoms with Gasteiger partial charge < -0.3 is 4.57 Å². The lowest BCUT2D eigenvalue weighted by atomic mass is 10.1. The Labute approximate surface area is 85.6 Å². The molecule has 2 aromatic rings. The first kappa shape index (κ1) is 8.41. The Bertz CT molecular complexity index is 601. The monoisotopic (exact) mass is 201 g/mol. The van der Waals surface area contributed by atoms with E-state index < -0.39 is 11.2 Å². The van der Waals surface area contributed by atoms with E-state index in [0.29, 0.717) is 6.54 Å². The van der Waals surface area contributed by atoms with Crippen molar-refractivity contribution in [1.29, 1.82) is 0 Å². The highest BCUT2D eigenvalue weighted by molar-refractivity contribution is 5.67. The first-order valence-electron chi connectivity index (χ1n) is 4.74. The summed E-state index contributed by atoms with van der Waals surface area (Å²) in [5, 5.41) is 0. The summed E-state index contributed by atoms with van der Waals surface area (Å²) in [5.74, 6) is -0.688. The second-order valence-electron chi connectivity index (χ2n) is 3.66. The lowest BCUT2D eigenvalue weighted by Gasteiger charge is -2.02. The molecule has 0 N–H and O–H groups in total. The SMILES string of the molecule is O=c1cc2n(cc1F)Cc1ccccc1-2. The molecule has 1 aromatic heterocycles. The fourth-order valence-electron chi connectivity index (χ4n) is 2.00. The Hall–Kier alpha value is -1.90. The van der Waals surface area contributed by atoms with Crippen LogP contribution in [0.4, 0.5) is 4.39 Å². The standard InChI is InChI=1S/C12H8FNO/c13-10-7-14-6-8-3-1-2-4-9(8)11(14)5-12(10)15/h1-5,7H,6H2. The van der Waals surface area contributed by atoms with Crippen molar-refractivity contribution in [2.24, 2.45) is 0 Å². The number of aromatic nitrogens is 1. The van der Waals surface area contributed by atoms with Gasteiger partial charge in [0.1, 0.15) is 0 Å². The minimum Gasteiger partial charge on any atom is -0.340 e. The van der Waals surface area contributed by atoms with Gasteiger partial charge in [0.05, 0.1) is 5.69 Å². The fourth-order valence-corrected chi connectivity index (χ4v) is 2.00. The molecule has 0 atom stereocenters. The predicted octanol–water partition coefficient (Wildman–Crippen LogP) is 2.02. The van der Waals surface area contributed by atoms with E-state index in [-0.39, 0.29) is 0 Å². The maximum Gasteiger partial charge on any atom is 0.217 e. The summed E-state index contributed by atoms with van der Waals surface area (Å²) in [6.07, 6.45) is 1.28. The third kappa shape index (κ3) is 1.13. The zero-order valence-corrected chi connectivity index (χ0v) is 7.90. The second kappa shape index (κ2) is 2.79. The smallest absolute Gasteiger partial charge is 0.217 e. The van der Waals surface area contributed by atoms with Gasteiger partial charge in [0.25, 0.3) is 0 Å². The van der Waals surface area contributed by atoms with Crippen molar-refractivity contribution in [3.05, 3.63) is 58.1 Å². The number of halogens is 1. The van der Waals surface area contributed by atoms with Gasteiger partial charge in [-0.2, -0.15) is 0 Å². The van der Waals surface area contributed by atoms with Crippen LogP contribution in [0.2, 0.25) is 0 Å². The van der Waals surface area contributed by atoms with Crippen LogP contribution >= 0.6 is 0 Å². The van der Waals surface area contributed by atoms with Crippen molar-refractivity contribution < 1.29 is 4.39 Å². The lowest BCUT2D eigenvalue weighted by Crippen LogP contribution is -2.09. The van der Waals surface area contributed by atoms with Crippen LogP contribution in [0, 0.1) is 5.82 Å². The molecule has 2 heterocycles. The molecule has 0 spiro atoms. The van der Waals surface area contributed by atoms with Gasteiger partial charge in [0.2, 0.25) is 5.43 Å². The highest BCUT2D eigenvalue weighted by Gasteiger charge is 2.17. The Morgan fingerprint density at radius 3 is 2.93 bits per heavy atom. The first-order chi connectivity index (χ1) is 7.25. The molecule has 3 heteroatoms. The van der Waals surface area contributed by atoms with E-state index >= 15 is 0 Å². The van der Waals surface area contributed by atoms with Gasteiger partial charge in [-0.25, -0.2) is 4.39 Å². The predicted molar refractivity (Wildman–Crippen MR) is 55.2 cm³/mol. The molecule has 0 unspecified atom stereocenters. The maximum absolute atomic E-state index is 13.1. The van der Waals surface area contributed by atoms with E-state index in [0.717, 1.165) is 16.8 Å². The van der Waals surface area contributed by atoms with Crippen molar-refractivity contribution >= 4 is 0 Å². The van der Waals surface area contributed by atoms with E-state index in [1.807, 2.05) is 24.3 Å². The summed E-state index contributed by atoms with van der Waals surface area (Å²) in [6.45, 7) is 0.642. The summed E-state index contributed by atoms with van der Waals surface area (Å²) in [7, 11) is 0. The molecule has 3 rings (SSSR count). The highest BCUT2D eigenvalue weighted by Crippen LogP contribution is 2.29. The molecular formula is C12H8FNO. The Morgan fingerprint density at radius 1 is 1.27 bits per heavy atom. The van der Waals surface area contributed by atoms with Crippen LogP contribution in [0.1, 0.15) is 5.56 Å². The molecule has 0 aliphatic carbocycles. The zero-order valence-electron chi connectivity index (χ0n) is 7.90. The summed E-state index contributed by atoms with van der Waals surface area (Å²) in [4.78, 5) is 11.2. The van der Waals surface area contributed by atoms with Crippen molar-refractivity contribution in [3.63, 3.8) is 0 Å². The van der Waals surface area contributed by atoms with Crippen LogP contribution in [0.25, 0.3) is 11.3 Å². The van der Waals surface area contributed by atoms with Gasteiger partial charge in [0.15, 0.2) is 5.82 Å². The molecular weight excluding hydrogens is 193 g/mol. The van der Waals surface area contributed by atoms with Crippen LogP contribution in [-0.4, -0.2) is 4.57 Å². The quantitative estimate of drug-likeness (QED) is 0.545. The van der Waals surface area contributed by atoms with Gasteiger partial charge >= 0.3 is 0 Å². The summed E-state index contributed by atoms with van der Waals surface area (Å²) >= 11 is 0. The molecule has 0 radical (unpaired) electrons. The summed E-state index contributed by atoms with van der Waals surface area (Å²) in [6, 6.07) is 9.17. The number of hydrogen-bond acceptors (Lipinski definition) is 1. The number of rotatable bonds is 0. The third-order valence-electron chi connectivity index (χ3n) is 2.72. The molecule has 0 saturated heterocycles. The molecule has 0 fully saturated rings. The molecule has 1 aliphatic rings. The Balaban J connectivity index is 2.34. The van der Waals surface area contributed by atoms with Gasteiger partial charge in [0, 0.05) is 24.4 Å². The average Bonchev–Trinajstić information content (AvgIpc) is 2.57. The molecule has 0 saturated carbocycles. The topological polar surface area (TPSA) is 22.0 Å². The fraction of sp³-hybridized carbons (Fsp3) is 0.0833. The maximum atomic E-state index is 13.1. The molecule has 15 heavy (non-hydrogen) atoms. The van der Waals surface area contributed by atoms with Crippen molar-refractivity contribution in [2.75, 3.05) is 0 Å². The Morgan fingerprint density at radius 2 is 2.07 bits per heavy atom. The molecule has 0 bridgehead atoms. The van der Waals surface area contributed by atoms with E-state index in [1.54, 1.807) is 4.57 Å². The number of fused-ring (bicyclic) bond motifs is 3. The lowest BCUT2D eigenvalue weighted by molar-refractivity contribution is 0.596. The second-order valence-corrected chi connectivity index (χ2v) is 3.66. The summed E-state index contributed by atoms with van der Waals surface area (Å²) in [5.41, 5.74) is 2.41.